The molecule has 0 radical (unpaired) electrons. The van der Waals surface area contributed by atoms with E-state index >= 15 is 0 Å². The van der Waals surface area contributed by atoms with Crippen LogP contribution in [0.3, 0.4) is 0 Å². The maximum Gasteiger partial charge on any atom is 0.225 e. The maximum absolute atomic E-state index is 12.8. The fourth-order valence-electron chi connectivity index (χ4n) is 7.52. The molecule has 5 fully saturated rings. The number of carbonyl (C=O) groups excluding carboxylic acids is 1. The van der Waals surface area contributed by atoms with Crippen molar-refractivity contribution in [1.82, 2.24) is 20.2 Å². The van der Waals surface area contributed by atoms with Crippen LogP contribution in [0.4, 0.5) is 5.95 Å². The fraction of sp³-hybridized carbons (Fsp3) is 0.783. The standard InChI is InChI=1S/C23H35N5O/c1-22-12-18-11-19(13-22)15-23(14-18,17-22)16-20(29)24-5-6-27-7-9-28(10-8-27)21-25-3-2-4-26-21/h2-4,18-19H,5-17H2,1H3,(H,24,29)/t18-,19+,22?,23?. The number of hydrogen-bond acceptors (Lipinski definition) is 5. The molecule has 4 bridgehead atoms. The van der Waals surface area contributed by atoms with Crippen LogP contribution in [0.2, 0.25) is 0 Å². The Labute approximate surface area is 174 Å². The highest BCUT2D eigenvalue weighted by Crippen LogP contribution is 2.66. The smallest absolute Gasteiger partial charge is 0.225 e. The summed E-state index contributed by atoms with van der Waals surface area (Å²) < 4.78 is 0. The molecule has 1 N–H and O–H groups in total. The minimum Gasteiger partial charge on any atom is -0.355 e. The van der Waals surface area contributed by atoms with E-state index in [1.54, 1.807) is 12.4 Å². The third-order valence-electron chi connectivity index (χ3n) is 7.97. The zero-order valence-corrected chi connectivity index (χ0v) is 17.8. The van der Waals surface area contributed by atoms with Crippen molar-refractivity contribution in [2.75, 3.05) is 44.2 Å². The van der Waals surface area contributed by atoms with Gasteiger partial charge in [-0.25, -0.2) is 9.97 Å². The number of anilines is 1. The molecular formula is C23H35N5O. The van der Waals surface area contributed by atoms with Crippen molar-refractivity contribution in [2.24, 2.45) is 22.7 Å². The van der Waals surface area contributed by atoms with E-state index in [0.717, 1.165) is 63.5 Å². The summed E-state index contributed by atoms with van der Waals surface area (Å²) in [6.45, 7) is 8.08. The molecule has 4 atom stereocenters. The highest BCUT2D eigenvalue weighted by atomic mass is 16.1. The minimum absolute atomic E-state index is 0.284. The van der Waals surface area contributed by atoms with Crippen LogP contribution in [-0.4, -0.2) is 60.0 Å². The zero-order chi connectivity index (χ0) is 19.9. The van der Waals surface area contributed by atoms with Crippen molar-refractivity contribution in [3.05, 3.63) is 18.5 Å². The number of piperazine rings is 1. The van der Waals surface area contributed by atoms with Gasteiger partial charge in [-0.3, -0.25) is 9.69 Å². The second-order valence-corrected chi connectivity index (χ2v) is 10.7. The number of aromatic nitrogens is 2. The van der Waals surface area contributed by atoms with Crippen LogP contribution in [0.15, 0.2) is 18.5 Å². The molecular weight excluding hydrogens is 362 g/mol. The maximum atomic E-state index is 12.8. The van der Waals surface area contributed by atoms with E-state index in [-0.39, 0.29) is 5.91 Å². The highest BCUT2D eigenvalue weighted by molar-refractivity contribution is 5.76. The molecule has 158 valence electrons. The lowest BCUT2D eigenvalue weighted by Gasteiger charge is -2.61. The normalized spacial score (nSPS) is 36.4. The first-order valence-corrected chi connectivity index (χ1v) is 11.5. The Bertz CT molecular complexity index is 716. The van der Waals surface area contributed by atoms with Crippen molar-refractivity contribution in [3.63, 3.8) is 0 Å². The van der Waals surface area contributed by atoms with Gasteiger partial charge in [-0.2, -0.15) is 0 Å². The Balaban J connectivity index is 1.05. The lowest BCUT2D eigenvalue weighted by molar-refractivity contribution is -0.136. The third-order valence-corrected chi connectivity index (χ3v) is 7.97. The van der Waals surface area contributed by atoms with Crippen LogP contribution < -0.4 is 10.2 Å². The minimum atomic E-state index is 0.284. The van der Waals surface area contributed by atoms with Gasteiger partial charge in [0.2, 0.25) is 11.9 Å². The van der Waals surface area contributed by atoms with Crippen molar-refractivity contribution >= 4 is 11.9 Å². The Morgan fingerprint density at radius 2 is 1.79 bits per heavy atom. The van der Waals surface area contributed by atoms with Gasteiger partial charge in [-0.15, -0.1) is 0 Å². The summed E-state index contributed by atoms with van der Waals surface area (Å²) in [5, 5.41) is 3.24. The van der Waals surface area contributed by atoms with Crippen molar-refractivity contribution < 1.29 is 4.79 Å². The van der Waals surface area contributed by atoms with Gasteiger partial charge >= 0.3 is 0 Å². The molecule has 0 spiro atoms. The van der Waals surface area contributed by atoms with E-state index in [0.29, 0.717) is 10.8 Å². The number of amides is 1. The Morgan fingerprint density at radius 3 is 2.45 bits per heavy atom. The summed E-state index contributed by atoms with van der Waals surface area (Å²) in [5.74, 6) is 2.88. The molecule has 6 nitrogen and oxygen atoms in total. The van der Waals surface area contributed by atoms with Crippen LogP contribution in [-0.2, 0) is 4.79 Å². The molecule has 4 aliphatic carbocycles. The summed E-state index contributed by atoms with van der Waals surface area (Å²) in [7, 11) is 0. The summed E-state index contributed by atoms with van der Waals surface area (Å²) in [5.41, 5.74) is 0.830. The average Bonchev–Trinajstić information content (AvgIpc) is 2.67. The van der Waals surface area contributed by atoms with Gasteiger partial charge in [0, 0.05) is 58.1 Å². The summed E-state index contributed by atoms with van der Waals surface area (Å²) in [6, 6.07) is 1.85. The summed E-state index contributed by atoms with van der Waals surface area (Å²) >= 11 is 0. The number of rotatable bonds is 6. The van der Waals surface area contributed by atoms with Crippen molar-refractivity contribution in [2.45, 2.75) is 51.9 Å². The SMILES string of the molecule is CC12C[C@H]3C[C@@H](C1)CC(CC(=O)NCCN1CCN(c4ncccn4)CC1)(C3)C2. The van der Waals surface area contributed by atoms with Gasteiger partial charge < -0.3 is 10.2 Å². The first-order valence-electron chi connectivity index (χ1n) is 11.5. The van der Waals surface area contributed by atoms with E-state index in [4.69, 9.17) is 0 Å². The van der Waals surface area contributed by atoms with Gasteiger partial charge in [0.05, 0.1) is 0 Å². The van der Waals surface area contributed by atoms with Crippen molar-refractivity contribution in [3.8, 4) is 0 Å². The van der Waals surface area contributed by atoms with Crippen molar-refractivity contribution in [1.29, 1.82) is 0 Å². The molecule has 1 amide bonds. The Morgan fingerprint density at radius 1 is 1.10 bits per heavy atom. The number of carbonyl (C=O) groups is 1. The first-order chi connectivity index (χ1) is 14.0. The number of nitrogens with one attached hydrogen (secondary N) is 1. The topological polar surface area (TPSA) is 61.4 Å². The molecule has 1 aromatic heterocycles. The summed E-state index contributed by atoms with van der Waals surface area (Å²) in [4.78, 5) is 26.1. The molecule has 2 unspecified atom stereocenters. The molecule has 4 saturated carbocycles. The van der Waals surface area contributed by atoms with Crippen LogP contribution in [0.5, 0.6) is 0 Å². The second kappa shape index (κ2) is 7.53. The lowest BCUT2D eigenvalue weighted by atomic mass is 9.44. The predicted molar refractivity (Wildman–Crippen MR) is 114 cm³/mol. The van der Waals surface area contributed by atoms with Gasteiger partial charge in [-0.1, -0.05) is 6.92 Å². The summed E-state index contributed by atoms with van der Waals surface area (Å²) in [6.07, 6.45) is 12.5. The second-order valence-electron chi connectivity index (χ2n) is 10.7. The predicted octanol–water partition coefficient (Wildman–Crippen LogP) is 2.71. The molecule has 6 rings (SSSR count). The average molecular weight is 398 g/mol. The molecule has 1 aromatic rings. The first kappa shape index (κ1) is 19.3. The van der Waals surface area contributed by atoms with Gasteiger partial charge in [0.1, 0.15) is 0 Å². The van der Waals surface area contributed by atoms with Crippen LogP contribution in [0, 0.1) is 22.7 Å². The quantitative estimate of drug-likeness (QED) is 0.800. The Hall–Kier alpha value is -1.69. The van der Waals surface area contributed by atoms with E-state index < -0.39 is 0 Å². The molecule has 0 aromatic carbocycles. The largest absolute Gasteiger partial charge is 0.355 e. The monoisotopic (exact) mass is 397 g/mol. The molecule has 29 heavy (non-hydrogen) atoms. The van der Waals surface area contributed by atoms with Crippen LogP contribution in [0.1, 0.15) is 51.9 Å². The van der Waals surface area contributed by atoms with Gasteiger partial charge in [0.25, 0.3) is 0 Å². The van der Waals surface area contributed by atoms with E-state index in [9.17, 15) is 4.79 Å². The molecule has 6 heteroatoms. The zero-order valence-electron chi connectivity index (χ0n) is 17.8. The van der Waals surface area contributed by atoms with Gasteiger partial charge in [0.15, 0.2) is 0 Å². The molecule has 5 aliphatic rings. The van der Waals surface area contributed by atoms with E-state index in [1.807, 2.05) is 6.07 Å². The fourth-order valence-corrected chi connectivity index (χ4v) is 7.52. The number of nitrogens with zero attached hydrogens (tertiary/aromatic N) is 4. The Kier molecular flexibility index (Phi) is 5.01. The van der Waals surface area contributed by atoms with Crippen LogP contribution in [0.25, 0.3) is 0 Å². The molecule has 1 saturated heterocycles. The molecule has 1 aliphatic heterocycles. The lowest BCUT2D eigenvalue weighted by Crippen LogP contribution is -2.52. The van der Waals surface area contributed by atoms with E-state index in [2.05, 4.69) is 32.0 Å². The van der Waals surface area contributed by atoms with E-state index in [1.165, 1.54) is 38.5 Å². The third kappa shape index (κ3) is 4.14. The highest BCUT2D eigenvalue weighted by Gasteiger charge is 2.56. The number of hydrogen-bond donors (Lipinski definition) is 1. The molecule has 2 heterocycles. The van der Waals surface area contributed by atoms with Crippen LogP contribution >= 0.6 is 0 Å². The van der Waals surface area contributed by atoms with Gasteiger partial charge in [-0.05, 0) is 67.3 Å².